The van der Waals surface area contributed by atoms with Crippen LogP contribution in [0.5, 0.6) is 5.75 Å². The number of hydrogen-bond acceptors (Lipinski definition) is 6. The first-order chi connectivity index (χ1) is 13.8. The molecule has 1 aliphatic heterocycles. The number of hydrogen-bond donors (Lipinski definition) is 3. The van der Waals surface area contributed by atoms with Gasteiger partial charge in [0.05, 0.1) is 6.54 Å². The third-order valence-electron chi connectivity index (χ3n) is 4.94. The lowest BCUT2D eigenvalue weighted by Crippen LogP contribution is -2.47. The maximum atomic E-state index is 11.8. The number of para-hydroxylation sites is 1. The van der Waals surface area contributed by atoms with Crippen molar-refractivity contribution in [2.75, 3.05) is 72.1 Å². The molecule has 0 aromatic heterocycles. The number of piperazine rings is 1. The van der Waals surface area contributed by atoms with Crippen LogP contribution in [0.1, 0.15) is 19.3 Å². The fraction of sp³-hybridized carbons (Fsp3) is 0.667. The van der Waals surface area contributed by atoms with Crippen molar-refractivity contribution in [3.05, 3.63) is 30.3 Å². The maximum Gasteiger partial charge on any atom is 0.221 e. The first-order valence-corrected chi connectivity index (χ1v) is 10.6. The number of carbonyl (C=O) groups excluding carboxylic acids is 1. The molecule has 4 N–H and O–H groups in total. The van der Waals surface area contributed by atoms with E-state index in [1.54, 1.807) is 0 Å². The van der Waals surface area contributed by atoms with Gasteiger partial charge in [0.25, 0.3) is 0 Å². The molecule has 28 heavy (non-hydrogen) atoms. The van der Waals surface area contributed by atoms with Gasteiger partial charge in [-0.05, 0) is 51.2 Å². The molecule has 7 heteroatoms. The Balaban J connectivity index is 1.37. The van der Waals surface area contributed by atoms with Crippen molar-refractivity contribution in [2.24, 2.45) is 5.73 Å². The molecular weight excluding hydrogens is 354 g/mol. The molecule has 158 valence electrons. The van der Waals surface area contributed by atoms with E-state index in [9.17, 15) is 4.79 Å². The van der Waals surface area contributed by atoms with Crippen molar-refractivity contribution in [1.82, 2.24) is 20.4 Å². The zero-order chi connectivity index (χ0) is 19.9. The predicted molar refractivity (Wildman–Crippen MR) is 114 cm³/mol. The van der Waals surface area contributed by atoms with Crippen molar-refractivity contribution in [2.45, 2.75) is 19.3 Å². The Morgan fingerprint density at radius 3 is 2.32 bits per heavy atom. The lowest BCUT2D eigenvalue weighted by Gasteiger charge is -2.34. The van der Waals surface area contributed by atoms with Gasteiger partial charge in [0.2, 0.25) is 5.91 Å². The predicted octanol–water partition coefficient (Wildman–Crippen LogP) is 0.518. The van der Waals surface area contributed by atoms with Crippen LogP contribution in [0.2, 0.25) is 0 Å². The number of nitrogens with one attached hydrogen (secondary N) is 2. The third-order valence-corrected chi connectivity index (χ3v) is 4.94. The van der Waals surface area contributed by atoms with Crippen LogP contribution < -0.4 is 21.1 Å². The highest BCUT2D eigenvalue weighted by Crippen LogP contribution is 2.07. The highest BCUT2D eigenvalue weighted by Gasteiger charge is 2.15. The van der Waals surface area contributed by atoms with Crippen molar-refractivity contribution in [3.8, 4) is 5.75 Å². The van der Waals surface area contributed by atoms with Crippen LogP contribution >= 0.6 is 0 Å². The van der Waals surface area contributed by atoms with Gasteiger partial charge in [-0.2, -0.15) is 0 Å². The summed E-state index contributed by atoms with van der Waals surface area (Å²) < 4.78 is 5.55. The van der Waals surface area contributed by atoms with E-state index in [1.165, 1.54) is 0 Å². The first-order valence-electron chi connectivity index (χ1n) is 10.6. The van der Waals surface area contributed by atoms with Gasteiger partial charge in [-0.3, -0.25) is 4.79 Å². The molecular formula is C21H37N5O2. The van der Waals surface area contributed by atoms with Gasteiger partial charge >= 0.3 is 0 Å². The molecule has 1 fully saturated rings. The number of benzene rings is 1. The fourth-order valence-electron chi connectivity index (χ4n) is 3.27. The molecule has 1 saturated heterocycles. The summed E-state index contributed by atoms with van der Waals surface area (Å²) in [5, 5.41) is 6.26. The van der Waals surface area contributed by atoms with Crippen molar-refractivity contribution < 1.29 is 9.53 Å². The second kappa shape index (κ2) is 14.3. The van der Waals surface area contributed by atoms with E-state index in [0.29, 0.717) is 19.6 Å². The molecule has 0 unspecified atom stereocenters. The van der Waals surface area contributed by atoms with Gasteiger partial charge in [-0.1, -0.05) is 18.2 Å². The lowest BCUT2D eigenvalue weighted by molar-refractivity contribution is -0.121. The second-order valence-electron chi connectivity index (χ2n) is 7.19. The average molecular weight is 392 g/mol. The molecule has 7 nitrogen and oxygen atoms in total. The molecule has 0 spiro atoms. The Hall–Kier alpha value is -1.67. The van der Waals surface area contributed by atoms with E-state index in [4.69, 9.17) is 10.5 Å². The van der Waals surface area contributed by atoms with Crippen LogP contribution in [0.15, 0.2) is 30.3 Å². The number of amides is 1. The zero-order valence-corrected chi connectivity index (χ0v) is 17.1. The van der Waals surface area contributed by atoms with Gasteiger partial charge < -0.3 is 30.9 Å². The minimum atomic E-state index is 0.0674. The van der Waals surface area contributed by atoms with E-state index in [-0.39, 0.29) is 5.91 Å². The molecule has 0 atom stereocenters. The summed E-state index contributed by atoms with van der Waals surface area (Å²) >= 11 is 0. The van der Waals surface area contributed by atoms with Crippen LogP contribution in [0.3, 0.4) is 0 Å². The van der Waals surface area contributed by atoms with Gasteiger partial charge in [0.15, 0.2) is 0 Å². The summed E-state index contributed by atoms with van der Waals surface area (Å²) in [5.41, 5.74) is 5.57. The quantitative estimate of drug-likeness (QED) is 0.401. The fourth-order valence-corrected chi connectivity index (χ4v) is 3.27. The molecule has 1 amide bonds. The van der Waals surface area contributed by atoms with E-state index >= 15 is 0 Å². The minimum absolute atomic E-state index is 0.0674. The number of ether oxygens (including phenoxy) is 1. The maximum absolute atomic E-state index is 11.8. The highest BCUT2D eigenvalue weighted by molar-refractivity contribution is 5.76. The highest BCUT2D eigenvalue weighted by atomic mass is 16.5. The standard InChI is InChI=1S/C21H37N5O2/c22-9-4-13-25-15-17-26(18-16-25)14-5-10-23-11-8-21(27)24-12-19-28-20-6-2-1-3-7-20/h1-3,6-7,23H,4-5,8-19,22H2,(H,24,27). The van der Waals surface area contributed by atoms with Gasteiger partial charge in [-0.25, -0.2) is 0 Å². The molecule has 2 rings (SSSR count). The Morgan fingerprint density at radius 1 is 0.964 bits per heavy atom. The van der Waals surface area contributed by atoms with Crippen LogP contribution in [0.25, 0.3) is 0 Å². The zero-order valence-electron chi connectivity index (χ0n) is 17.1. The van der Waals surface area contributed by atoms with Gasteiger partial charge in [0, 0.05) is 39.1 Å². The van der Waals surface area contributed by atoms with Gasteiger partial charge in [-0.15, -0.1) is 0 Å². The molecule has 0 radical (unpaired) electrons. The van der Waals surface area contributed by atoms with Crippen LogP contribution in [0, 0.1) is 0 Å². The van der Waals surface area contributed by atoms with Crippen molar-refractivity contribution in [3.63, 3.8) is 0 Å². The Labute approximate surface area is 169 Å². The second-order valence-corrected chi connectivity index (χ2v) is 7.19. The summed E-state index contributed by atoms with van der Waals surface area (Å²) in [4.78, 5) is 16.8. The largest absolute Gasteiger partial charge is 0.492 e. The summed E-state index contributed by atoms with van der Waals surface area (Å²) in [6.45, 7) is 10.3. The Kier molecular flexibility index (Phi) is 11.6. The van der Waals surface area contributed by atoms with Gasteiger partial charge in [0.1, 0.15) is 12.4 Å². The Morgan fingerprint density at radius 2 is 1.64 bits per heavy atom. The number of rotatable bonds is 14. The van der Waals surface area contributed by atoms with Crippen LogP contribution in [-0.4, -0.2) is 87.8 Å². The smallest absolute Gasteiger partial charge is 0.221 e. The third kappa shape index (κ3) is 10.0. The minimum Gasteiger partial charge on any atom is -0.492 e. The van der Waals surface area contributed by atoms with E-state index in [1.807, 2.05) is 30.3 Å². The topological polar surface area (TPSA) is 82.9 Å². The van der Waals surface area contributed by atoms with Crippen LogP contribution in [0.4, 0.5) is 0 Å². The van der Waals surface area contributed by atoms with E-state index < -0.39 is 0 Å². The summed E-state index contributed by atoms with van der Waals surface area (Å²) in [7, 11) is 0. The van der Waals surface area contributed by atoms with E-state index in [2.05, 4.69) is 20.4 Å². The molecule has 1 aromatic carbocycles. The van der Waals surface area contributed by atoms with Crippen molar-refractivity contribution >= 4 is 5.91 Å². The molecule has 0 aliphatic carbocycles. The Bertz CT molecular complexity index is 521. The average Bonchev–Trinajstić information content (AvgIpc) is 2.74. The molecule has 1 aliphatic rings. The first kappa shape index (κ1) is 22.6. The SMILES string of the molecule is NCCCN1CCN(CCCNCCC(=O)NCCOc2ccccc2)CC1. The summed E-state index contributed by atoms with van der Waals surface area (Å²) in [6.07, 6.45) is 2.72. The molecule has 0 saturated carbocycles. The molecule has 1 aromatic rings. The van der Waals surface area contributed by atoms with Crippen LogP contribution in [-0.2, 0) is 4.79 Å². The lowest BCUT2D eigenvalue weighted by atomic mass is 10.2. The van der Waals surface area contributed by atoms with Crippen molar-refractivity contribution in [1.29, 1.82) is 0 Å². The van der Waals surface area contributed by atoms with E-state index in [0.717, 1.165) is 77.5 Å². The number of carbonyl (C=O) groups is 1. The summed E-state index contributed by atoms with van der Waals surface area (Å²) in [6, 6.07) is 9.64. The summed E-state index contributed by atoms with van der Waals surface area (Å²) in [5.74, 6) is 0.896. The molecule has 1 heterocycles. The monoisotopic (exact) mass is 391 g/mol. The number of nitrogens with two attached hydrogens (primary N) is 1. The number of nitrogens with zero attached hydrogens (tertiary/aromatic N) is 2. The molecule has 0 bridgehead atoms. The normalized spacial score (nSPS) is 15.5.